The molecule has 0 aliphatic carbocycles. The summed E-state index contributed by atoms with van der Waals surface area (Å²) in [7, 11) is 0. The summed E-state index contributed by atoms with van der Waals surface area (Å²) in [5.41, 5.74) is 8.18. The molecular formula is C50H69NS2Sn. The Kier molecular flexibility index (Phi) is 18.2. The normalized spacial score (nSPS) is 11.7. The molecule has 5 aromatic rings. The van der Waals surface area contributed by atoms with Gasteiger partial charge < -0.3 is 0 Å². The third kappa shape index (κ3) is 11.6. The van der Waals surface area contributed by atoms with Gasteiger partial charge in [0.2, 0.25) is 0 Å². The molecule has 0 spiro atoms. The van der Waals surface area contributed by atoms with Gasteiger partial charge in [-0.1, -0.05) is 36.4 Å². The molecule has 0 atom stereocenters. The Balaban J connectivity index is 1.57. The maximum atomic E-state index is 2.82. The molecule has 290 valence electrons. The Morgan fingerprint density at radius 3 is 1.39 bits per heavy atom. The molecule has 1 nitrogen and oxygen atoms in total. The van der Waals surface area contributed by atoms with Crippen molar-refractivity contribution in [1.82, 2.24) is 0 Å². The van der Waals surface area contributed by atoms with Gasteiger partial charge in [0, 0.05) is 0 Å². The summed E-state index contributed by atoms with van der Waals surface area (Å²) in [4.78, 5) is 7.04. The molecule has 3 aromatic carbocycles. The van der Waals surface area contributed by atoms with Crippen molar-refractivity contribution in [3.8, 4) is 20.2 Å². The number of rotatable bonds is 25. The maximum absolute atomic E-state index is 2.82. The summed E-state index contributed by atoms with van der Waals surface area (Å²) in [6.07, 6.45) is 21.2. The predicted octanol–water partition coefficient (Wildman–Crippen LogP) is 16.9. The number of benzene rings is 3. The van der Waals surface area contributed by atoms with Crippen LogP contribution in [0.3, 0.4) is 0 Å². The summed E-state index contributed by atoms with van der Waals surface area (Å²) < 4.78 is 6.56. The molecule has 0 saturated carbocycles. The first-order valence-electron chi connectivity index (χ1n) is 21.8. The van der Waals surface area contributed by atoms with Crippen molar-refractivity contribution >= 4 is 61.0 Å². The SMILES string of the molecule is CCCCCCc1cc(-c2s[c]([Sn]([CH2]CCC)([CH2]CCC)[CH2]CCC)cc2CCCCCC)sc1-c1ccc(N(c2ccccc2)c2ccccc2)cc1. The van der Waals surface area contributed by atoms with Gasteiger partial charge in [-0.15, -0.1) is 0 Å². The Morgan fingerprint density at radius 1 is 0.444 bits per heavy atom. The van der Waals surface area contributed by atoms with E-state index >= 15 is 0 Å². The van der Waals surface area contributed by atoms with Gasteiger partial charge >= 0.3 is 284 Å². The van der Waals surface area contributed by atoms with E-state index in [1.165, 1.54) is 135 Å². The molecule has 2 aromatic heterocycles. The van der Waals surface area contributed by atoms with Crippen molar-refractivity contribution in [2.45, 2.75) is 151 Å². The molecule has 54 heavy (non-hydrogen) atoms. The Morgan fingerprint density at radius 2 is 0.907 bits per heavy atom. The number of nitrogens with zero attached hydrogens (tertiary/aromatic N) is 1. The van der Waals surface area contributed by atoms with Crippen LogP contribution < -0.4 is 7.79 Å². The summed E-state index contributed by atoms with van der Waals surface area (Å²) in [5.74, 6) is 0. The molecule has 0 bridgehead atoms. The second-order valence-corrected chi connectivity index (χ2v) is 32.0. The fraction of sp³-hybridized carbons (Fsp3) is 0.480. The predicted molar refractivity (Wildman–Crippen MR) is 248 cm³/mol. The van der Waals surface area contributed by atoms with Gasteiger partial charge in [-0.2, -0.15) is 0 Å². The number of para-hydroxylation sites is 2. The average molecular weight is 867 g/mol. The van der Waals surface area contributed by atoms with Crippen molar-refractivity contribution in [2.24, 2.45) is 0 Å². The minimum atomic E-state index is -2.57. The van der Waals surface area contributed by atoms with E-state index in [9.17, 15) is 0 Å². The fourth-order valence-electron chi connectivity index (χ4n) is 8.19. The number of thiophene rings is 2. The number of unbranched alkanes of at least 4 members (excludes halogenated alkanes) is 9. The van der Waals surface area contributed by atoms with Gasteiger partial charge in [0.15, 0.2) is 0 Å². The van der Waals surface area contributed by atoms with E-state index in [1.54, 1.807) is 29.3 Å². The average Bonchev–Trinajstić information content (AvgIpc) is 3.84. The molecule has 0 fully saturated rings. The van der Waals surface area contributed by atoms with Gasteiger partial charge in [-0.05, 0) is 24.3 Å². The van der Waals surface area contributed by atoms with E-state index in [-0.39, 0.29) is 0 Å². The second kappa shape index (κ2) is 23.0. The van der Waals surface area contributed by atoms with Crippen LogP contribution in [0, 0.1) is 0 Å². The molecule has 0 aliphatic rings. The molecule has 0 N–H and O–H groups in total. The van der Waals surface area contributed by atoms with Crippen LogP contribution in [0.2, 0.25) is 13.3 Å². The number of hydrogen-bond donors (Lipinski definition) is 0. The monoisotopic (exact) mass is 867 g/mol. The third-order valence-electron chi connectivity index (χ3n) is 11.4. The Bertz CT molecular complexity index is 1690. The van der Waals surface area contributed by atoms with Gasteiger partial charge in [0.05, 0.1) is 0 Å². The summed E-state index contributed by atoms with van der Waals surface area (Å²) in [5, 5.41) is 0. The molecule has 2 heterocycles. The Labute approximate surface area is 342 Å². The zero-order valence-electron chi connectivity index (χ0n) is 34.4. The summed E-state index contributed by atoms with van der Waals surface area (Å²) >= 11 is 1.81. The van der Waals surface area contributed by atoms with Crippen molar-refractivity contribution in [3.05, 3.63) is 108 Å². The van der Waals surface area contributed by atoms with Crippen LogP contribution >= 0.6 is 22.7 Å². The molecule has 0 radical (unpaired) electrons. The Hall–Kier alpha value is -2.34. The molecule has 4 heteroatoms. The van der Waals surface area contributed by atoms with Gasteiger partial charge in [-0.25, -0.2) is 0 Å². The second-order valence-electron chi connectivity index (χ2n) is 15.7. The first-order chi connectivity index (χ1) is 26.6. The molecule has 5 rings (SSSR count). The zero-order chi connectivity index (χ0) is 38.0. The van der Waals surface area contributed by atoms with Crippen LogP contribution in [-0.2, 0) is 12.8 Å². The third-order valence-corrected chi connectivity index (χ3v) is 32.2. The van der Waals surface area contributed by atoms with Crippen LogP contribution in [0.5, 0.6) is 0 Å². The van der Waals surface area contributed by atoms with E-state index in [0.717, 1.165) is 0 Å². The number of hydrogen-bond acceptors (Lipinski definition) is 3. The van der Waals surface area contributed by atoms with Gasteiger partial charge in [0.1, 0.15) is 0 Å². The quantitative estimate of drug-likeness (QED) is 0.0417. The molecule has 0 unspecified atom stereocenters. The van der Waals surface area contributed by atoms with E-state index in [4.69, 9.17) is 0 Å². The van der Waals surface area contributed by atoms with Crippen molar-refractivity contribution < 1.29 is 0 Å². The van der Waals surface area contributed by atoms with Crippen LogP contribution in [-0.4, -0.2) is 18.4 Å². The van der Waals surface area contributed by atoms with Crippen LogP contribution in [0.4, 0.5) is 17.1 Å². The van der Waals surface area contributed by atoms with Crippen molar-refractivity contribution in [2.75, 3.05) is 4.90 Å². The standard InChI is InChI=1S/C38H42NS2.3C4H9.Sn/c1-3-5-7-11-17-30-27-28-40-38(30)36-29-32(18-12-8-6-4-2)37(41-36)31-23-25-35(26-24-31)39(33-19-13-9-14-20-33)34-21-15-10-16-22-34;3*1-3-4-2;/h9-10,13-16,19-27,29H,3-8,11-12,17-18H2,1-2H3;3*1,3-4H2,2H3;. The van der Waals surface area contributed by atoms with E-state index in [2.05, 4.69) is 159 Å². The van der Waals surface area contributed by atoms with E-state index in [1.807, 2.05) is 2.89 Å². The topological polar surface area (TPSA) is 3.24 Å². The fourth-order valence-corrected chi connectivity index (χ4v) is 29.9. The van der Waals surface area contributed by atoms with Crippen molar-refractivity contribution in [3.63, 3.8) is 0 Å². The first-order valence-corrected chi connectivity index (χ1v) is 31.0. The molecule has 0 amide bonds. The number of anilines is 3. The summed E-state index contributed by atoms with van der Waals surface area (Å²) in [6.45, 7) is 11.9. The summed E-state index contributed by atoms with van der Waals surface area (Å²) in [6, 6.07) is 36.5. The minimum absolute atomic E-state index is 1.17. The van der Waals surface area contributed by atoms with Crippen LogP contribution in [0.1, 0.15) is 136 Å². The first kappa shape index (κ1) is 42.8. The number of aryl methyl sites for hydroxylation is 2. The zero-order valence-corrected chi connectivity index (χ0v) is 38.9. The molecular weight excluding hydrogens is 797 g/mol. The van der Waals surface area contributed by atoms with Crippen molar-refractivity contribution in [1.29, 1.82) is 0 Å². The van der Waals surface area contributed by atoms with E-state index < -0.39 is 18.4 Å². The van der Waals surface area contributed by atoms with Crippen LogP contribution in [0.25, 0.3) is 20.2 Å². The van der Waals surface area contributed by atoms with E-state index in [0.29, 0.717) is 0 Å². The molecule has 0 aliphatic heterocycles. The van der Waals surface area contributed by atoms with Crippen LogP contribution in [0.15, 0.2) is 97.1 Å². The van der Waals surface area contributed by atoms with Gasteiger partial charge in [-0.3, -0.25) is 0 Å². The van der Waals surface area contributed by atoms with Gasteiger partial charge in [0.25, 0.3) is 0 Å². The molecule has 0 saturated heterocycles.